The molecule has 0 saturated carbocycles. The first-order chi connectivity index (χ1) is 8.75. The van der Waals surface area contributed by atoms with E-state index in [4.69, 9.17) is 0 Å². The number of nitrogens with zero attached hydrogens (tertiary/aromatic N) is 1. The number of pyridine rings is 1. The van der Waals surface area contributed by atoms with Crippen LogP contribution < -0.4 is 5.32 Å². The summed E-state index contributed by atoms with van der Waals surface area (Å²) in [5.41, 5.74) is 2.15. The summed E-state index contributed by atoms with van der Waals surface area (Å²) in [6.45, 7) is 1.36. The molecular formula is C14H14F2N2. The van der Waals surface area contributed by atoms with Crippen LogP contribution in [-0.4, -0.2) is 4.98 Å². The number of rotatable bonds is 5. The molecule has 0 aliphatic rings. The molecule has 2 aromatic rings. The molecule has 0 spiro atoms. The van der Waals surface area contributed by atoms with E-state index >= 15 is 0 Å². The van der Waals surface area contributed by atoms with E-state index in [0.717, 1.165) is 11.1 Å². The molecule has 1 heterocycles. The van der Waals surface area contributed by atoms with Gasteiger partial charge >= 0.3 is 0 Å². The zero-order valence-corrected chi connectivity index (χ0v) is 9.81. The zero-order valence-electron chi connectivity index (χ0n) is 9.81. The summed E-state index contributed by atoms with van der Waals surface area (Å²) in [7, 11) is 0. The SMILES string of the molecule is FC(F)c1ccc(CNCc2cccnc2)cc1. The summed E-state index contributed by atoms with van der Waals surface area (Å²) < 4.78 is 24.7. The van der Waals surface area contributed by atoms with E-state index in [-0.39, 0.29) is 5.56 Å². The second kappa shape index (κ2) is 6.21. The Morgan fingerprint density at radius 3 is 2.33 bits per heavy atom. The lowest BCUT2D eigenvalue weighted by atomic mass is 10.1. The van der Waals surface area contributed by atoms with Crippen molar-refractivity contribution in [3.05, 3.63) is 65.5 Å². The first-order valence-corrected chi connectivity index (χ1v) is 5.72. The van der Waals surface area contributed by atoms with Crippen molar-refractivity contribution in [2.45, 2.75) is 19.5 Å². The fourth-order valence-electron chi connectivity index (χ4n) is 1.63. The predicted molar refractivity (Wildman–Crippen MR) is 66.2 cm³/mol. The summed E-state index contributed by atoms with van der Waals surface area (Å²) in [5, 5.41) is 3.24. The number of hydrogen-bond donors (Lipinski definition) is 1. The Labute approximate surface area is 105 Å². The van der Waals surface area contributed by atoms with Crippen LogP contribution in [0.1, 0.15) is 23.1 Å². The fraction of sp³-hybridized carbons (Fsp3) is 0.214. The van der Waals surface area contributed by atoms with Crippen molar-refractivity contribution in [3.63, 3.8) is 0 Å². The average molecular weight is 248 g/mol. The largest absolute Gasteiger partial charge is 0.309 e. The molecule has 0 aliphatic heterocycles. The molecule has 18 heavy (non-hydrogen) atoms. The Morgan fingerprint density at radius 1 is 1.00 bits per heavy atom. The van der Waals surface area contributed by atoms with E-state index in [1.807, 2.05) is 12.1 Å². The normalized spacial score (nSPS) is 10.8. The Balaban J connectivity index is 1.83. The van der Waals surface area contributed by atoms with Crippen molar-refractivity contribution >= 4 is 0 Å². The maximum absolute atomic E-state index is 12.3. The molecule has 1 aromatic heterocycles. The molecule has 1 N–H and O–H groups in total. The molecule has 0 atom stereocenters. The molecule has 94 valence electrons. The quantitative estimate of drug-likeness (QED) is 0.878. The van der Waals surface area contributed by atoms with Crippen molar-refractivity contribution in [2.24, 2.45) is 0 Å². The van der Waals surface area contributed by atoms with Crippen LogP contribution in [-0.2, 0) is 13.1 Å². The molecule has 0 bridgehead atoms. The highest BCUT2D eigenvalue weighted by Crippen LogP contribution is 2.18. The van der Waals surface area contributed by atoms with Crippen LogP contribution in [0.4, 0.5) is 8.78 Å². The van der Waals surface area contributed by atoms with E-state index in [1.54, 1.807) is 24.5 Å². The second-order valence-electron chi connectivity index (χ2n) is 4.01. The van der Waals surface area contributed by atoms with Gasteiger partial charge in [-0.25, -0.2) is 8.78 Å². The van der Waals surface area contributed by atoms with Crippen molar-refractivity contribution in [2.75, 3.05) is 0 Å². The highest BCUT2D eigenvalue weighted by Gasteiger charge is 2.05. The summed E-state index contributed by atoms with van der Waals surface area (Å²) >= 11 is 0. The van der Waals surface area contributed by atoms with Crippen molar-refractivity contribution in [1.29, 1.82) is 0 Å². The molecule has 2 nitrogen and oxygen atoms in total. The number of hydrogen-bond acceptors (Lipinski definition) is 2. The lowest BCUT2D eigenvalue weighted by Crippen LogP contribution is -2.12. The van der Waals surface area contributed by atoms with E-state index in [1.165, 1.54) is 12.1 Å². The van der Waals surface area contributed by atoms with Crippen LogP contribution >= 0.6 is 0 Å². The van der Waals surface area contributed by atoms with Gasteiger partial charge in [0, 0.05) is 31.0 Å². The standard InChI is InChI=1S/C14H14F2N2/c15-14(16)13-5-3-11(4-6-13)8-18-10-12-2-1-7-17-9-12/h1-7,9,14,18H,8,10H2. The highest BCUT2D eigenvalue weighted by atomic mass is 19.3. The van der Waals surface area contributed by atoms with Crippen molar-refractivity contribution in [3.8, 4) is 0 Å². The van der Waals surface area contributed by atoms with Gasteiger partial charge < -0.3 is 5.32 Å². The van der Waals surface area contributed by atoms with Gasteiger partial charge in [-0.15, -0.1) is 0 Å². The maximum Gasteiger partial charge on any atom is 0.263 e. The Kier molecular flexibility index (Phi) is 4.36. The smallest absolute Gasteiger partial charge is 0.263 e. The van der Waals surface area contributed by atoms with Gasteiger partial charge in [0.2, 0.25) is 0 Å². The molecule has 0 amide bonds. The first kappa shape index (κ1) is 12.6. The van der Waals surface area contributed by atoms with Crippen LogP contribution in [0.25, 0.3) is 0 Å². The molecule has 0 radical (unpaired) electrons. The summed E-state index contributed by atoms with van der Waals surface area (Å²) in [5.74, 6) is 0. The molecule has 0 unspecified atom stereocenters. The average Bonchev–Trinajstić information content (AvgIpc) is 2.40. The molecule has 0 aliphatic carbocycles. The monoisotopic (exact) mass is 248 g/mol. The minimum absolute atomic E-state index is 0.0611. The zero-order chi connectivity index (χ0) is 12.8. The highest BCUT2D eigenvalue weighted by molar-refractivity contribution is 5.23. The van der Waals surface area contributed by atoms with E-state index in [0.29, 0.717) is 13.1 Å². The van der Waals surface area contributed by atoms with E-state index in [9.17, 15) is 8.78 Å². The topological polar surface area (TPSA) is 24.9 Å². The van der Waals surface area contributed by atoms with Crippen LogP contribution in [0.5, 0.6) is 0 Å². The summed E-state index contributed by atoms with van der Waals surface area (Å²) in [4.78, 5) is 4.02. The van der Waals surface area contributed by atoms with Gasteiger partial charge in [0.1, 0.15) is 0 Å². The Hall–Kier alpha value is -1.81. The van der Waals surface area contributed by atoms with Gasteiger partial charge in [0.15, 0.2) is 0 Å². The molecule has 0 saturated heterocycles. The lowest BCUT2D eigenvalue weighted by molar-refractivity contribution is 0.151. The third-order valence-corrected chi connectivity index (χ3v) is 2.61. The van der Waals surface area contributed by atoms with Gasteiger partial charge in [0.05, 0.1) is 0 Å². The van der Waals surface area contributed by atoms with Gasteiger partial charge in [0.25, 0.3) is 6.43 Å². The number of alkyl halides is 2. The fourth-order valence-corrected chi connectivity index (χ4v) is 1.63. The Morgan fingerprint density at radius 2 is 1.72 bits per heavy atom. The van der Waals surface area contributed by atoms with Gasteiger partial charge in [-0.05, 0) is 17.2 Å². The molecule has 1 aromatic carbocycles. The summed E-state index contributed by atoms with van der Waals surface area (Å²) in [6, 6.07) is 10.2. The molecule has 4 heteroatoms. The maximum atomic E-state index is 12.3. The summed E-state index contributed by atoms with van der Waals surface area (Å²) in [6.07, 6.45) is 1.13. The third kappa shape index (κ3) is 3.60. The number of aromatic nitrogens is 1. The molecule has 2 rings (SSSR count). The van der Waals surface area contributed by atoms with E-state index in [2.05, 4.69) is 10.3 Å². The number of nitrogens with one attached hydrogen (secondary N) is 1. The van der Waals surface area contributed by atoms with Crippen molar-refractivity contribution in [1.82, 2.24) is 10.3 Å². The van der Waals surface area contributed by atoms with Crippen LogP contribution in [0, 0.1) is 0 Å². The van der Waals surface area contributed by atoms with Gasteiger partial charge in [-0.1, -0.05) is 30.3 Å². The lowest BCUT2D eigenvalue weighted by Gasteiger charge is -2.06. The second-order valence-corrected chi connectivity index (χ2v) is 4.01. The minimum Gasteiger partial charge on any atom is -0.309 e. The molecule has 0 fully saturated rings. The van der Waals surface area contributed by atoms with E-state index < -0.39 is 6.43 Å². The number of benzene rings is 1. The molecular weight excluding hydrogens is 234 g/mol. The van der Waals surface area contributed by atoms with Crippen molar-refractivity contribution < 1.29 is 8.78 Å². The minimum atomic E-state index is -2.40. The van der Waals surface area contributed by atoms with Crippen LogP contribution in [0.3, 0.4) is 0 Å². The first-order valence-electron chi connectivity index (χ1n) is 5.72. The van der Waals surface area contributed by atoms with Gasteiger partial charge in [-0.3, -0.25) is 4.98 Å². The van der Waals surface area contributed by atoms with Crippen LogP contribution in [0.2, 0.25) is 0 Å². The predicted octanol–water partition coefficient (Wildman–Crippen LogP) is 3.31. The van der Waals surface area contributed by atoms with Gasteiger partial charge in [-0.2, -0.15) is 0 Å². The Bertz CT molecular complexity index is 469. The van der Waals surface area contributed by atoms with Crippen LogP contribution in [0.15, 0.2) is 48.8 Å². The number of halogens is 2. The third-order valence-electron chi connectivity index (χ3n) is 2.61.